The van der Waals surface area contributed by atoms with E-state index < -0.39 is 0 Å². The third-order valence-electron chi connectivity index (χ3n) is 3.98. The zero-order valence-electron chi connectivity index (χ0n) is 13.4. The Bertz CT molecular complexity index is 702. The number of benzene rings is 1. The zero-order valence-corrected chi connectivity index (χ0v) is 14.1. The maximum absolute atomic E-state index is 12.3. The molecule has 7 nitrogen and oxygen atoms in total. The van der Waals surface area contributed by atoms with Gasteiger partial charge in [0.15, 0.2) is 0 Å². The molecule has 24 heavy (non-hydrogen) atoms. The summed E-state index contributed by atoms with van der Waals surface area (Å²) in [7, 11) is 1.82. The Morgan fingerprint density at radius 3 is 3.00 bits per heavy atom. The zero-order chi connectivity index (χ0) is 17.1. The van der Waals surface area contributed by atoms with Crippen LogP contribution >= 0.6 is 11.6 Å². The number of aromatic nitrogens is 3. The molecule has 1 heterocycles. The summed E-state index contributed by atoms with van der Waals surface area (Å²) < 4.78 is 1.56. The number of carbonyl (C=O) groups is 1. The predicted octanol–water partition coefficient (Wildman–Crippen LogP) is 1.56. The number of amides is 1. The molecule has 0 radical (unpaired) electrons. The van der Waals surface area contributed by atoms with Crippen LogP contribution in [0.5, 0.6) is 0 Å². The number of halogens is 1. The highest BCUT2D eigenvalue weighted by Crippen LogP contribution is 2.32. The average Bonchev–Trinajstić information content (AvgIpc) is 3.23. The van der Waals surface area contributed by atoms with Gasteiger partial charge in [-0.15, -0.1) is 0 Å². The minimum absolute atomic E-state index is 0.177. The molecule has 1 atom stereocenters. The Labute approximate surface area is 145 Å². The molecule has 128 valence electrons. The van der Waals surface area contributed by atoms with Gasteiger partial charge in [-0.3, -0.25) is 9.69 Å². The van der Waals surface area contributed by atoms with Crippen molar-refractivity contribution in [1.82, 2.24) is 19.7 Å². The van der Waals surface area contributed by atoms with Crippen LogP contribution in [0.4, 0.5) is 5.69 Å². The second-order valence-electron chi connectivity index (χ2n) is 6.15. The Morgan fingerprint density at radius 1 is 1.54 bits per heavy atom. The second-order valence-corrected chi connectivity index (χ2v) is 6.59. The van der Waals surface area contributed by atoms with Gasteiger partial charge in [0.05, 0.1) is 24.0 Å². The highest BCUT2D eigenvalue weighted by atomic mass is 35.5. The van der Waals surface area contributed by atoms with E-state index in [0.29, 0.717) is 28.9 Å². The van der Waals surface area contributed by atoms with Crippen molar-refractivity contribution in [3.63, 3.8) is 0 Å². The van der Waals surface area contributed by atoms with Crippen LogP contribution < -0.4 is 5.32 Å². The summed E-state index contributed by atoms with van der Waals surface area (Å²) in [5.74, 6) is 0.214. The molecule has 1 amide bonds. The quantitative estimate of drug-likeness (QED) is 0.792. The lowest BCUT2D eigenvalue weighted by atomic mass is 10.2. The number of hydrogen-bond donors (Lipinski definition) is 2. The van der Waals surface area contributed by atoms with Gasteiger partial charge in [0, 0.05) is 11.6 Å². The Morgan fingerprint density at radius 2 is 2.33 bits per heavy atom. The number of nitrogens with one attached hydrogen (secondary N) is 1. The van der Waals surface area contributed by atoms with Gasteiger partial charge < -0.3 is 10.4 Å². The highest BCUT2D eigenvalue weighted by Gasteiger charge is 2.30. The Hall–Kier alpha value is -1.96. The summed E-state index contributed by atoms with van der Waals surface area (Å²) in [6.45, 7) is 0.677. The van der Waals surface area contributed by atoms with Gasteiger partial charge in [-0.2, -0.15) is 5.10 Å². The molecule has 1 aliphatic carbocycles. The summed E-state index contributed by atoms with van der Waals surface area (Å²) in [6, 6.07) is 5.18. The first kappa shape index (κ1) is 16.9. The smallest absolute Gasteiger partial charge is 0.238 e. The summed E-state index contributed by atoms with van der Waals surface area (Å²) in [6.07, 6.45) is 4.76. The number of likely N-dealkylation sites (N-methyl/N-ethyl adjacent to an activating group) is 1. The molecule has 0 saturated heterocycles. The van der Waals surface area contributed by atoms with Crippen LogP contribution in [-0.4, -0.2) is 56.9 Å². The van der Waals surface area contributed by atoms with E-state index in [1.54, 1.807) is 29.2 Å². The molecule has 0 aliphatic heterocycles. The van der Waals surface area contributed by atoms with E-state index in [-0.39, 0.29) is 18.6 Å². The van der Waals surface area contributed by atoms with Crippen molar-refractivity contribution in [3.05, 3.63) is 35.9 Å². The van der Waals surface area contributed by atoms with Gasteiger partial charge in [-0.05, 0) is 44.0 Å². The average molecular weight is 350 g/mol. The van der Waals surface area contributed by atoms with Crippen molar-refractivity contribution >= 4 is 23.2 Å². The van der Waals surface area contributed by atoms with Crippen molar-refractivity contribution in [2.24, 2.45) is 5.92 Å². The minimum Gasteiger partial charge on any atom is -0.392 e. The molecule has 0 bridgehead atoms. The van der Waals surface area contributed by atoms with Gasteiger partial charge in [-0.1, -0.05) is 11.6 Å². The molecule has 3 rings (SSSR count). The molecule has 8 heteroatoms. The molecule has 2 aromatic rings. The summed E-state index contributed by atoms with van der Waals surface area (Å²) in [4.78, 5) is 18.0. The largest absolute Gasteiger partial charge is 0.392 e. The van der Waals surface area contributed by atoms with E-state index >= 15 is 0 Å². The van der Waals surface area contributed by atoms with Gasteiger partial charge in [0.1, 0.15) is 12.7 Å². The number of aliphatic hydroxyl groups is 1. The summed E-state index contributed by atoms with van der Waals surface area (Å²) in [5, 5.41) is 17.4. The standard InChI is InChI=1S/C16H20ClN5O2/c1-21(7-15(23)11-2-3-11)8-16(24)20-13-6-12(17)4-5-14(13)22-10-18-9-19-22/h4-6,9-11,15,23H,2-3,7-8H2,1H3,(H,20,24). The molecule has 1 fully saturated rings. The normalized spacial score (nSPS) is 15.5. The fraction of sp³-hybridized carbons (Fsp3) is 0.438. The molecule has 1 unspecified atom stereocenters. The van der Waals surface area contributed by atoms with Crippen LogP contribution in [-0.2, 0) is 4.79 Å². The Kier molecular flexibility index (Phi) is 5.13. The van der Waals surface area contributed by atoms with Crippen LogP contribution in [0.25, 0.3) is 5.69 Å². The third-order valence-corrected chi connectivity index (χ3v) is 4.21. The maximum atomic E-state index is 12.3. The lowest BCUT2D eigenvalue weighted by molar-refractivity contribution is -0.117. The summed E-state index contributed by atoms with van der Waals surface area (Å²) in [5.41, 5.74) is 1.25. The van der Waals surface area contributed by atoms with Gasteiger partial charge in [-0.25, -0.2) is 9.67 Å². The lowest BCUT2D eigenvalue weighted by Gasteiger charge is -2.20. The molecular formula is C16H20ClN5O2. The number of anilines is 1. The first-order chi connectivity index (χ1) is 11.5. The van der Waals surface area contributed by atoms with Crippen molar-refractivity contribution in [2.75, 3.05) is 25.5 Å². The number of hydrogen-bond acceptors (Lipinski definition) is 5. The van der Waals surface area contributed by atoms with Crippen molar-refractivity contribution in [1.29, 1.82) is 0 Å². The topological polar surface area (TPSA) is 83.3 Å². The number of nitrogens with zero attached hydrogens (tertiary/aromatic N) is 4. The molecule has 1 saturated carbocycles. The first-order valence-electron chi connectivity index (χ1n) is 7.84. The monoisotopic (exact) mass is 349 g/mol. The molecule has 1 aromatic heterocycles. The van der Waals surface area contributed by atoms with Crippen LogP contribution in [0.2, 0.25) is 5.02 Å². The van der Waals surface area contributed by atoms with E-state index in [1.165, 1.54) is 6.33 Å². The predicted molar refractivity (Wildman–Crippen MR) is 91.2 cm³/mol. The van der Waals surface area contributed by atoms with Crippen molar-refractivity contribution < 1.29 is 9.90 Å². The van der Waals surface area contributed by atoms with Crippen LogP contribution in [0, 0.1) is 5.92 Å². The van der Waals surface area contributed by atoms with E-state index in [2.05, 4.69) is 15.4 Å². The molecule has 1 aliphatic rings. The molecule has 0 spiro atoms. The van der Waals surface area contributed by atoms with Crippen molar-refractivity contribution in [3.8, 4) is 5.69 Å². The minimum atomic E-state index is -0.361. The first-order valence-corrected chi connectivity index (χ1v) is 8.22. The molecule has 2 N–H and O–H groups in total. The molecular weight excluding hydrogens is 330 g/mol. The van der Waals surface area contributed by atoms with E-state index in [9.17, 15) is 9.90 Å². The number of carbonyl (C=O) groups excluding carboxylic acids is 1. The van der Waals surface area contributed by atoms with E-state index in [1.807, 2.05) is 11.9 Å². The fourth-order valence-corrected chi connectivity index (χ4v) is 2.76. The van der Waals surface area contributed by atoms with Crippen LogP contribution in [0.1, 0.15) is 12.8 Å². The lowest BCUT2D eigenvalue weighted by Crippen LogP contribution is -2.36. The van der Waals surface area contributed by atoms with E-state index in [4.69, 9.17) is 11.6 Å². The van der Waals surface area contributed by atoms with Gasteiger partial charge >= 0.3 is 0 Å². The SMILES string of the molecule is CN(CC(=O)Nc1cc(Cl)ccc1-n1cncn1)CC(O)C1CC1. The third kappa shape index (κ3) is 4.31. The highest BCUT2D eigenvalue weighted by molar-refractivity contribution is 6.31. The number of rotatable bonds is 7. The van der Waals surface area contributed by atoms with Crippen LogP contribution in [0.3, 0.4) is 0 Å². The van der Waals surface area contributed by atoms with Crippen molar-refractivity contribution in [2.45, 2.75) is 18.9 Å². The van der Waals surface area contributed by atoms with Crippen LogP contribution in [0.15, 0.2) is 30.9 Å². The molecule has 1 aromatic carbocycles. The Balaban J connectivity index is 1.64. The summed E-state index contributed by atoms with van der Waals surface area (Å²) >= 11 is 6.04. The van der Waals surface area contributed by atoms with Gasteiger partial charge in [0.25, 0.3) is 0 Å². The second kappa shape index (κ2) is 7.29. The van der Waals surface area contributed by atoms with Gasteiger partial charge in [0.2, 0.25) is 5.91 Å². The van der Waals surface area contributed by atoms with E-state index in [0.717, 1.165) is 12.8 Å². The fourth-order valence-electron chi connectivity index (χ4n) is 2.59. The number of aliphatic hydroxyl groups excluding tert-OH is 1. The maximum Gasteiger partial charge on any atom is 0.238 e.